The van der Waals surface area contributed by atoms with Crippen LogP contribution in [0.3, 0.4) is 0 Å². The first-order chi connectivity index (χ1) is 3.83. The van der Waals surface area contributed by atoms with E-state index in [0.29, 0.717) is 12.3 Å². The van der Waals surface area contributed by atoms with Crippen molar-refractivity contribution >= 4 is 0 Å². The molecule has 1 nitrogen and oxygen atoms in total. The monoisotopic (exact) mass is 118 g/mol. The van der Waals surface area contributed by atoms with Gasteiger partial charge in [-0.15, -0.1) is 0 Å². The number of halogens is 1. The standard InChI is InChI=1S/C6H11FO/c7-6(4-8)3-5-1-2-5/h5-6,8H,1-4H2/t6-/m0/s1. The predicted octanol–water partition coefficient (Wildman–Crippen LogP) is 1.12. The summed E-state index contributed by atoms with van der Waals surface area (Å²) in [7, 11) is 0. The summed E-state index contributed by atoms with van der Waals surface area (Å²) in [6.07, 6.45) is 1.96. The fourth-order valence-corrected chi connectivity index (χ4v) is 0.790. The molecule has 0 aliphatic heterocycles. The molecule has 0 spiro atoms. The fourth-order valence-electron chi connectivity index (χ4n) is 0.790. The van der Waals surface area contributed by atoms with Gasteiger partial charge in [0.15, 0.2) is 0 Å². The van der Waals surface area contributed by atoms with Gasteiger partial charge in [0.2, 0.25) is 0 Å². The van der Waals surface area contributed by atoms with Crippen molar-refractivity contribution in [3.63, 3.8) is 0 Å². The van der Waals surface area contributed by atoms with Gasteiger partial charge in [-0.05, 0) is 12.3 Å². The lowest BCUT2D eigenvalue weighted by Crippen LogP contribution is -2.05. The van der Waals surface area contributed by atoms with Gasteiger partial charge < -0.3 is 5.11 Å². The van der Waals surface area contributed by atoms with Gasteiger partial charge in [-0.3, -0.25) is 0 Å². The van der Waals surface area contributed by atoms with Crippen LogP contribution in [0.15, 0.2) is 0 Å². The summed E-state index contributed by atoms with van der Waals surface area (Å²) in [5.41, 5.74) is 0. The van der Waals surface area contributed by atoms with Crippen LogP contribution >= 0.6 is 0 Å². The molecule has 1 saturated carbocycles. The molecule has 1 fully saturated rings. The number of rotatable bonds is 3. The van der Waals surface area contributed by atoms with Gasteiger partial charge in [-0.1, -0.05) is 12.8 Å². The highest BCUT2D eigenvalue weighted by Crippen LogP contribution is 2.33. The van der Waals surface area contributed by atoms with Crippen LogP contribution in [0.25, 0.3) is 0 Å². The van der Waals surface area contributed by atoms with E-state index in [1.807, 2.05) is 0 Å². The van der Waals surface area contributed by atoms with E-state index in [1.165, 1.54) is 12.8 Å². The van der Waals surface area contributed by atoms with Crippen LogP contribution < -0.4 is 0 Å². The van der Waals surface area contributed by atoms with E-state index in [4.69, 9.17) is 5.11 Å². The van der Waals surface area contributed by atoms with Gasteiger partial charge in [0.25, 0.3) is 0 Å². The average molecular weight is 118 g/mol. The van der Waals surface area contributed by atoms with E-state index < -0.39 is 6.17 Å². The van der Waals surface area contributed by atoms with Crippen molar-refractivity contribution in [3.05, 3.63) is 0 Å². The Hall–Kier alpha value is -0.110. The van der Waals surface area contributed by atoms with E-state index in [0.717, 1.165) is 0 Å². The lowest BCUT2D eigenvalue weighted by Gasteiger charge is -1.99. The smallest absolute Gasteiger partial charge is 0.123 e. The minimum Gasteiger partial charge on any atom is -0.393 e. The molecule has 0 aromatic heterocycles. The molecule has 0 amide bonds. The minimum absolute atomic E-state index is 0.295. The predicted molar refractivity (Wildman–Crippen MR) is 29.3 cm³/mol. The van der Waals surface area contributed by atoms with Crippen molar-refractivity contribution in [1.82, 2.24) is 0 Å². The Bertz CT molecular complexity index is 70.9. The van der Waals surface area contributed by atoms with E-state index in [1.54, 1.807) is 0 Å². The molecule has 8 heavy (non-hydrogen) atoms. The summed E-state index contributed by atoms with van der Waals surface area (Å²) in [5, 5.41) is 8.24. The van der Waals surface area contributed by atoms with Crippen LogP contribution in [0.2, 0.25) is 0 Å². The van der Waals surface area contributed by atoms with Crippen molar-refractivity contribution in [2.45, 2.75) is 25.4 Å². The van der Waals surface area contributed by atoms with Crippen LogP contribution in [-0.2, 0) is 0 Å². The Morgan fingerprint density at radius 2 is 2.25 bits per heavy atom. The maximum atomic E-state index is 12.2. The normalized spacial score (nSPS) is 23.2. The quantitative estimate of drug-likeness (QED) is 0.588. The highest BCUT2D eigenvalue weighted by atomic mass is 19.1. The number of hydrogen-bond donors (Lipinski definition) is 1. The zero-order chi connectivity index (χ0) is 5.98. The van der Waals surface area contributed by atoms with Gasteiger partial charge in [0.05, 0.1) is 6.61 Å². The molecule has 1 N–H and O–H groups in total. The molecular weight excluding hydrogens is 107 g/mol. The molecular formula is C6H11FO. The molecule has 0 bridgehead atoms. The van der Waals surface area contributed by atoms with E-state index in [-0.39, 0.29) is 6.61 Å². The molecule has 0 aromatic carbocycles. The van der Waals surface area contributed by atoms with Crippen molar-refractivity contribution < 1.29 is 9.50 Å². The summed E-state index contributed by atoms with van der Waals surface area (Å²) in [6.45, 7) is -0.295. The summed E-state index contributed by atoms with van der Waals surface area (Å²) < 4.78 is 12.2. The van der Waals surface area contributed by atoms with Crippen LogP contribution in [-0.4, -0.2) is 17.9 Å². The molecule has 0 heterocycles. The first-order valence-electron chi connectivity index (χ1n) is 3.08. The third kappa shape index (κ3) is 1.78. The van der Waals surface area contributed by atoms with Crippen molar-refractivity contribution in [2.75, 3.05) is 6.61 Å². The molecule has 0 aromatic rings. The maximum absolute atomic E-state index is 12.2. The Morgan fingerprint density at radius 3 is 2.62 bits per heavy atom. The first kappa shape index (κ1) is 6.02. The molecule has 0 saturated heterocycles. The summed E-state index contributed by atoms with van der Waals surface area (Å²) in [5.74, 6) is 0.595. The van der Waals surface area contributed by atoms with Crippen LogP contribution in [0.4, 0.5) is 4.39 Å². The summed E-state index contributed by atoms with van der Waals surface area (Å²) >= 11 is 0. The molecule has 1 aliphatic carbocycles. The zero-order valence-corrected chi connectivity index (χ0v) is 4.81. The summed E-state index contributed by atoms with van der Waals surface area (Å²) in [6, 6.07) is 0. The molecule has 1 rings (SSSR count). The second kappa shape index (κ2) is 2.44. The number of hydrogen-bond acceptors (Lipinski definition) is 1. The van der Waals surface area contributed by atoms with Crippen molar-refractivity contribution in [3.8, 4) is 0 Å². The van der Waals surface area contributed by atoms with Gasteiger partial charge in [0, 0.05) is 0 Å². The van der Waals surface area contributed by atoms with Crippen LogP contribution in [0.5, 0.6) is 0 Å². The minimum atomic E-state index is -0.956. The number of aliphatic hydroxyl groups excluding tert-OH is 1. The first-order valence-corrected chi connectivity index (χ1v) is 3.08. The second-order valence-corrected chi connectivity index (χ2v) is 2.46. The van der Waals surface area contributed by atoms with E-state index in [2.05, 4.69) is 0 Å². The van der Waals surface area contributed by atoms with Gasteiger partial charge in [-0.25, -0.2) is 4.39 Å². The van der Waals surface area contributed by atoms with Crippen molar-refractivity contribution in [1.29, 1.82) is 0 Å². The lowest BCUT2D eigenvalue weighted by molar-refractivity contribution is 0.165. The highest BCUT2D eigenvalue weighted by molar-refractivity contribution is 4.75. The third-order valence-electron chi connectivity index (χ3n) is 1.48. The van der Waals surface area contributed by atoms with Gasteiger partial charge >= 0.3 is 0 Å². The third-order valence-corrected chi connectivity index (χ3v) is 1.48. The second-order valence-electron chi connectivity index (χ2n) is 2.46. The van der Waals surface area contributed by atoms with Crippen molar-refractivity contribution in [2.24, 2.45) is 5.92 Å². The van der Waals surface area contributed by atoms with E-state index >= 15 is 0 Å². The largest absolute Gasteiger partial charge is 0.393 e. The molecule has 48 valence electrons. The molecule has 2 heteroatoms. The molecule has 1 atom stereocenters. The zero-order valence-electron chi connectivity index (χ0n) is 4.81. The molecule has 1 aliphatic rings. The Kier molecular flexibility index (Phi) is 1.84. The SMILES string of the molecule is OC[C@@H](F)CC1CC1. The Morgan fingerprint density at radius 1 is 1.62 bits per heavy atom. The number of alkyl halides is 1. The average Bonchev–Trinajstić information content (AvgIpc) is 2.50. The van der Waals surface area contributed by atoms with E-state index in [9.17, 15) is 4.39 Å². The molecule has 0 radical (unpaired) electrons. The van der Waals surface area contributed by atoms with Crippen LogP contribution in [0.1, 0.15) is 19.3 Å². The number of aliphatic hydroxyl groups is 1. The summed E-state index contributed by atoms with van der Waals surface area (Å²) in [4.78, 5) is 0. The van der Waals surface area contributed by atoms with Gasteiger partial charge in [-0.2, -0.15) is 0 Å². The van der Waals surface area contributed by atoms with Gasteiger partial charge in [0.1, 0.15) is 6.17 Å². The maximum Gasteiger partial charge on any atom is 0.123 e. The Balaban J connectivity index is 1.98. The topological polar surface area (TPSA) is 20.2 Å². The lowest BCUT2D eigenvalue weighted by atomic mass is 10.2. The molecule has 0 unspecified atom stereocenters. The highest BCUT2D eigenvalue weighted by Gasteiger charge is 2.24. The van der Waals surface area contributed by atoms with Crippen LogP contribution in [0, 0.1) is 5.92 Å². The Labute approximate surface area is 48.5 Å². The fraction of sp³-hybridized carbons (Fsp3) is 1.00.